The van der Waals surface area contributed by atoms with E-state index in [0.717, 1.165) is 6.61 Å². The highest BCUT2D eigenvalue weighted by molar-refractivity contribution is 4.89. The van der Waals surface area contributed by atoms with Crippen LogP contribution in [0.25, 0.3) is 0 Å². The summed E-state index contributed by atoms with van der Waals surface area (Å²) in [5, 5.41) is 26.9. The maximum atomic E-state index is 9.06. The molecule has 2 unspecified atom stereocenters. The molecule has 59 valence electrons. The van der Waals surface area contributed by atoms with Gasteiger partial charge in [-0.05, 0) is 6.92 Å². The SMILES string of the molecule is C[C@@H]1O[CH]C(O)C(O)[C@H]1O. The molecule has 1 saturated heterocycles. The second-order valence-corrected chi connectivity index (χ2v) is 2.45. The maximum absolute atomic E-state index is 9.06. The smallest absolute Gasteiger partial charge is 0.115 e. The molecule has 0 saturated carbocycles. The minimum atomic E-state index is -1.12. The van der Waals surface area contributed by atoms with Gasteiger partial charge in [0.25, 0.3) is 0 Å². The van der Waals surface area contributed by atoms with Crippen molar-refractivity contribution in [3.63, 3.8) is 0 Å². The number of rotatable bonds is 0. The van der Waals surface area contributed by atoms with Gasteiger partial charge in [0, 0.05) is 0 Å². The molecule has 4 heteroatoms. The second kappa shape index (κ2) is 2.84. The fourth-order valence-electron chi connectivity index (χ4n) is 0.845. The van der Waals surface area contributed by atoms with Crippen LogP contribution in [0.2, 0.25) is 0 Å². The van der Waals surface area contributed by atoms with Gasteiger partial charge in [0.15, 0.2) is 0 Å². The first-order valence-corrected chi connectivity index (χ1v) is 3.16. The van der Waals surface area contributed by atoms with Gasteiger partial charge in [-0.1, -0.05) is 0 Å². The number of ether oxygens (including phenoxy) is 1. The average molecular weight is 147 g/mol. The van der Waals surface area contributed by atoms with E-state index in [1.54, 1.807) is 6.92 Å². The predicted molar refractivity (Wildman–Crippen MR) is 32.9 cm³/mol. The van der Waals surface area contributed by atoms with Crippen LogP contribution in [0.15, 0.2) is 0 Å². The van der Waals surface area contributed by atoms with Crippen molar-refractivity contribution in [3.8, 4) is 0 Å². The first kappa shape index (κ1) is 7.94. The van der Waals surface area contributed by atoms with Crippen LogP contribution in [0, 0.1) is 6.61 Å². The van der Waals surface area contributed by atoms with E-state index < -0.39 is 24.4 Å². The molecule has 4 nitrogen and oxygen atoms in total. The molecule has 1 rings (SSSR count). The zero-order valence-electron chi connectivity index (χ0n) is 5.64. The number of aliphatic hydroxyl groups is 3. The lowest BCUT2D eigenvalue weighted by Crippen LogP contribution is -2.49. The molecule has 1 aliphatic rings. The van der Waals surface area contributed by atoms with Gasteiger partial charge < -0.3 is 20.1 Å². The third-order valence-corrected chi connectivity index (χ3v) is 1.61. The van der Waals surface area contributed by atoms with Crippen molar-refractivity contribution in [2.75, 3.05) is 0 Å². The van der Waals surface area contributed by atoms with Crippen molar-refractivity contribution in [1.82, 2.24) is 0 Å². The summed E-state index contributed by atoms with van der Waals surface area (Å²) in [5.74, 6) is 0. The highest BCUT2D eigenvalue weighted by Crippen LogP contribution is 2.17. The van der Waals surface area contributed by atoms with Crippen LogP contribution in [0.1, 0.15) is 6.92 Å². The number of aliphatic hydroxyl groups excluding tert-OH is 3. The molecule has 1 aliphatic heterocycles. The van der Waals surface area contributed by atoms with E-state index in [4.69, 9.17) is 20.1 Å². The van der Waals surface area contributed by atoms with E-state index in [9.17, 15) is 0 Å². The Labute approximate surface area is 59.1 Å². The molecule has 0 aromatic carbocycles. The minimum absolute atomic E-state index is 0.446. The Bertz CT molecular complexity index is 102. The Hall–Kier alpha value is -0.160. The van der Waals surface area contributed by atoms with Crippen molar-refractivity contribution in [2.24, 2.45) is 0 Å². The van der Waals surface area contributed by atoms with E-state index in [-0.39, 0.29) is 0 Å². The van der Waals surface area contributed by atoms with E-state index in [1.165, 1.54) is 0 Å². The number of hydrogen-bond donors (Lipinski definition) is 3. The van der Waals surface area contributed by atoms with Crippen molar-refractivity contribution in [3.05, 3.63) is 6.61 Å². The van der Waals surface area contributed by atoms with E-state index in [1.807, 2.05) is 0 Å². The first-order valence-electron chi connectivity index (χ1n) is 3.16. The monoisotopic (exact) mass is 147 g/mol. The highest BCUT2D eigenvalue weighted by atomic mass is 16.5. The minimum Gasteiger partial charge on any atom is -0.388 e. The molecule has 10 heavy (non-hydrogen) atoms. The Balaban J connectivity index is 2.52. The van der Waals surface area contributed by atoms with Crippen molar-refractivity contribution < 1.29 is 20.1 Å². The van der Waals surface area contributed by atoms with Crippen LogP contribution in [-0.4, -0.2) is 39.7 Å². The topological polar surface area (TPSA) is 69.9 Å². The van der Waals surface area contributed by atoms with Crippen LogP contribution in [-0.2, 0) is 4.74 Å². The number of hydrogen-bond acceptors (Lipinski definition) is 4. The maximum Gasteiger partial charge on any atom is 0.115 e. The van der Waals surface area contributed by atoms with Crippen molar-refractivity contribution in [2.45, 2.75) is 31.3 Å². The third-order valence-electron chi connectivity index (χ3n) is 1.61. The fourth-order valence-corrected chi connectivity index (χ4v) is 0.845. The lowest BCUT2D eigenvalue weighted by molar-refractivity contribution is -0.155. The third kappa shape index (κ3) is 1.29. The molecule has 1 radical (unpaired) electrons. The standard InChI is InChI=1S/C6H11O4/c1-3-5(8)6(9)4(7)2-10-3/h2-9H,1H3/t3-,4?,5-,6?/m0/s1. The van der Waals surface area contributed by atoms with E-state index >= 15 is 0 Å². The average Bonchev–Trinajstić information content (AvgIpc) is 1.93. The zero-order valence-corrected chi connectivity index (χ0v) is 5.64. The Kier molecular flexibility index (Phi) is 2.25. The van der Waals surface area contributed by atoms with Crippen LogP contribution in [0.3, 0.4) is 0 Å². The summed E-state index contributed by atoms with van der Waals surface area (Å²) in [7, 11) is 0. The lowest BCUT2D eigenvalue weighted by atomic mass is 10.0. The van der Waals surface area contributed by atoms with E-state index in [0.29, 0.717) is 0 Å². The summed E-state index contributed by atoms with van der Waals surface area (Å²) in [6.07, 6.45) is -3.65. The molecule has 3 N–H and O–H groups in total. The predicted octanol–water partition coefficient (Wildman–Crippen LogP) is -1.35. The molecule has 0 aromatic heterocycles. The summed E-state index contributed by atoms with van der Waals surface area (Å²) < 4.78 is 4.79. The summed E-state index contributed by atoms with van der Waals surface area (Å²) in [4.78, 5) is 0. The Morgan fingerprint density at radius 3 is 2.30 bits per heavy atom. The van der Waals surface area contributed by atoms with Crippen molar-refractivity contribution >= 4 is 0 Å². The molecule has 0 aliphatic carbocycles. The summed E-state index contributed by atoms with van der Waals surface area (Å²) in [6.45, 7) is 2.75. The second-order valence-electron chi connectivity index (χ2n) is 2.45. The van der Waals surface area contributed by atoms with Gasteiger partial charge in [-0.25, -0.2) is 0 Å². The molecular weight excluding hydrogens is 136 g/mol. The van der Waals surface area contributed by atoms with Crippen LogP contribution in [0.5, 0.6) is 0 Å². The van der Waals surface area contributed by atoms with Gasteiger partial charge >= 0.3 is 0 Å². The molecule has 1 fully saturated rings. The largest absolute Gasteiger partial charge is 0.388 e. The van der Waals surface area contributed by atoms with Gasteiger partial charge in [0.2, 0.25) is 0 Å². The summed E-state index contributed by atoms with van der Waals surface area (Å²) >= 11 is 0. The van der Waals surface area contributed by atoms with Crippen LogP contribution >= 0.6 is 0 Å². The normalized spacial score (nSPS) is 49.2. The van der Waals surface area contributed by atoms with Gasteiger partial charge in [-0.3, -0.25) is 0 Å². The van der Waals surface area contributed by atoms with Crippen LogP contribution in [0.4, 0.5) is 0 Å². The molecule has 0 aromatic rings. The van der Waals surface area contributed by atoms with Crippen LogP contribution < -0.4 is 0 Å². The highest BCUT2D eigenvalue weighted by Gasteiger charge is 2.35. The fraction of sp³-hybridized carbons (Fsp3) is 0.833. The molecule has 1 heterocycles. The Morgan fingerprint density at radius 2 is 1.80 bits per heavy atom. The lowest BCUT2D eigenvalue weighted by Gasteiger charge is -2.32. The van der Waals surface area contributed by atoms with Gasteiger partial charge in [-0.15, -0.1) is 0 Å². The molecular formula is C6H11O4. The van der Waals surface area contributed by atoms with Gasteiger partial charge in [0.05, 0.1) is 6.10 Å². The van der Waals surface area contributed by atoms with E-state index in [2.05, 4.69) is 0 Å². The zero-order chi connectivity index (χ0) is 7.72. The van der Waals surface area contributed by atoms with Gasteiger partial charge in [0.1, 0.15) is 24.9 Å². The molecule has 0 bridgehead atoms. The molecule has 0 spiro atoms. The summed E-state index contributed by atoms with van der Waals surface area (Å²) in [5.41, 5.74) is 0. The summed E-state index contributed by atoms with van der Waals surface area (Å²) in [6, 6.07) is 0. The Morgan fingerprint density at radius 1 is 1.20 bits per heavy atom. The molecule has 4 atom stereocenters. The first-order chi connectivity index (χ1) is 4.63. The van der Waals surface area contributed by atoms with Crippen molar-refractivity contribution in [1.29, 1.82) is 0 Å². The molecule has 0 amide bonds. The van der Waals surface area contributed by atoms with Gasteiger partial charge in [-0.2, -0.15) is 0 Å². The quantitative estimate of drug-likeness (QED) is 0.396.